The molecular weight excluding hydrogens is 260 g/mol. The van der Waals surface area contributed by atoms with Gasteiger partial charge in [0.05, 0.1) is 13.2 Å². The van der Waals surface area contributed by atoms with Gasteiger partial charge in [-0.3, -0.25) is 4.79 Å². The van der Waals surface area contributed by atoms with Crippen molar-refractivity contribution in [2.24, 2.45) is 5.92 Å². The first kappa shape index (κ1) is 14.0. The number of ether oxygens (including phenoxy) is 1. The third kappa shape index (κ3) is 3.06. The molecule has 2 heteroatoms. The molecule has 1 aliphatic rings. The van der Waals surface area contributed by atoms with Gasteiger partial charge in [-0.15, -0.1) is 0 Å². The highest BCUT2D eigenvalue weighted by Crippen LogP contribution is 2.22. The van der Waals surface area contributed by atoms with Crippen molar-refractivity contribution in [3.63, 3.8) is 0 Å². The standard InChI is InChI=1S/C19H20O2/c1-13(2)8-14-4-3-5-15(9-14)19(20)16-6-7-17-11-21-12-18(17)10-16/h3-7,9-10,13H,8,11-12H2,1-2H3. The molecule has 3 rings (SSSR count). The molecule has 21 heavy (non-hydrogen) atoms. The Labute approximate surface area is 125 Å². The normalized spacial score (nSPS) is 13.5. The van der Waals surface area contributed by atoms with E-state index in [0.717, 1.165) is 23.1 Å². The average Bonchev–Trinajstić information content (AvgIpc) is 2.93. The largest absolute Gasteiger partial charge is 0.372 e. The molecule has 1 heterocycles. The summed E-state index contributed by atoms with van der Waals surface area (Å²) in [5.74, 6) is 0.683. The van der Waals surface area contributed by atoms with E-state index in [1.165, 1.54) is 11.1 Å². The second kappa shape index (κ2) is 5.82. The van der Waals surface area contributed by atoms with Crippen LogP contribution in [0.5, 0.6) is 0 Å². The first-order valence-corrected chi connectivity index (χ1v) is 7.46. The highest BCUT2D eigenvalue weighted by Gasteiger charge is 2.15. The van der Waals surface area contributed by atoms with Gasteiger partial charge in [0.25, 0.3) is 0 Å². The van der Waals surface area contributed by atoms with Crippen LogP contribution < -0.4 is 0 Å². The minimum atomic E-state index is 0.0929. The number of carbonyl (C=O) groups excluding carboxylic acids is 1. The van der Waals surface area contributed by atoms with Crippen molar-refractivity contribution in [3.8, 4) is 0 Å². The molecule has 0 spiro atoms. The summed E-state index contributed by atoms with van der Waals surface area (Å²) in [5.41, 5.74) is 5.08. The molecule has 0 atom stereocenters. The van der Waals surface area contributed by atoms with Crippen molar-refractivity contribution in [3.05, 3.63) is 70.3 Å². The average molecular weight is 280 g/mol. The summed E-state index contributed by atoms with van der Waals surface area (Å²) in [6, 6.07) is 13.9. The minimum absolute atomic E-state index is 0.0929. The highest BCUT2D eigenvalue weighted by atomic mass is 16.5. The van der Waals surface area contributed by atoms with E-state index >= 15 is 0 Å². The Hall–Kier alpha value is -1.93. The first-order chi connectivity index (χ1) is 10.1. The van der Waals surface area contributed by atoms with Gasteiger partial charge in [-0.1, -0.05) is 44.2 Å². The van der Waals surface area contributed by atoms with Crippen LogP contribution in [0, 0.1) is 5.92 Å². The molecule has 2 aromatic carbocycles. The number of hydrogen-bond acceptors (Lipinski definition) is 2. The Kier molecular flexibility index (Phi) is 3.89. The van der Waals surface area contributed by atoms with Crippen molar-refractivity contribution in [2.45, 2.75) is 33.5 Å². The van der Waals surface area contributed by atoms with Crippen LogP contribution in [0.3, 0.4) is 0 Å². The Balaban J connectivity index is 1.88. The van der Waals surface area contributed by atoms with Crippen molar-refractivity contribution in [1.82, 2.24) is 0 Å². The number of ketones is 1. The van der Waals surface area contributed by atoms with E-state index in [-0.39, 0.29) is 5.78 Å². The molecule has 0 bridgehead atoms. The quantitative estimate of drug-likeness (QED) is 0.787. The maximum Gasteiger partial charge on any atom is 0.193 e. The molecule has 0 aromatic heterocycles. The number of rotatable bonds is 4. The SMILES string of the molecule is CC(C)Cc1cccc(C(=O)c2ccc3c(c2)COC3)c1. The fourth-order valence-corrected chi connectivity index (χ4v) is 2.79. The van der Waals surface area contributed by atoms with Gasteiger partial charge in [0.15, 0.2) is 5.78 Å². The Morgan fingerprint density at radius 2 is 1.81 bits per heavy atom. The molecule has 0 saturated carbocycles. The van der Waals surface area contributed by atoms with Crippen LogP contribution in [0.1, 0.15) is 46.5 Å². The van der Waals surface area contributed by atoms with Gasteiger partial charge >= 0.3 is 0 Å². The van der Waals surface area contributed by atoms with Crippen LogP contribution in [0.25, 0.3) is 0 Å². The van der Waals surface area contributed by atoms with E-state index in [1.54, 1.807) is 0 Å². The first-order valence-electron chi connectivity index (χ1n) is 7.46. The predicted molar refractivity (Wildman–Crippen MR) is 83.4 cm³/mol. The Morgan fingerprint density at radius 3 is 2.62 bits per heavy atom. The fraction of sp³-hybridized carbons (Fsp3) is 0.316. The van der Waals surface area contributed by atoms with Gasteiger partial charge in [-0.05, 0) is 41.2 Å². The molecular formula is C19H20O2. The van der Waals surface area contributed by atoms with Crippen LogP contribution in [0.2, 0.25) is 0 Å². The lowest BCUT2D eigenvalue weighted by molar-refractivity contribution is 0.103. The molecule has 2 nitrogen and oxygen atoms in total. The molecule has 1 aliphatic heterocycles. The van der Waals surface area contributed by atoms with Crippen LogP contribution in [0.15, 0.2) is 42.5 Å². The van der Waals surface area contributed by atoms with Gasteiger partial charge in [0.2, 0.25) is 0 Å². The van der Waals surface area contributed by atoms with Gasteiger partial charge in [0.1, 0.15) is 0 Å². The number of fused-ring (bicyclic) bond motifs is 1. The monoisotopic (exact) mass is 280 g/mol. The Morgan fingerprint density at radius 1 is 1.05 bits per heavy atom. The molecule has 0 aliphatic carbocycles. The van der Waals surface area contributed by atoms with Crippen LogP contribution in [0.4, 0.5) is 0 Å². The second-order valence-corrected chi connectivity index (χ2v) is 6.10. The lowest BCUT2D eigenvalue weighted by Crippen LogP contribution is -2.04. The van der Waals surface area contributed by atoms with E-state index in [1.807, 2.05) is 36.4 Å². The maximum atomic E-state index is 12.6. The van der Waals surface area contributed by atoms with E-state index in [2.05, 4.69) is 19.9 Å². The number of benzene rings is 2. The third-order valence-corrected chi connectivity index (χ3v) is 3.82. The molecule has 2 aromatic rings. The van der Waals surface area contributed by atoms with Crippen LogP contribution in [-0.4, -0.2) is 5.78 Å². The number of carbonyl (C=O) groups is 1. The van der Waals surface area contributed by atoms with E-state index in [4.69, 9.17) is 4.74 Å². The van der Waals surface area contributed by atoms with Gasteiger partial charge in [-0.2, -0.15) is 0 Å². The summed E-state index contributed by atoms with van der Waals surface area (Å²) in [4.78, 5) is 12.6. The van der Waals surface area contributed by atoms with Crippen molar-refractivity contribution < 1.29 is 9.53 Å². The topological polar surface area (TPSA) is 26.3 Å². The fourth-order valence-electron chi connectivity index (χ4n) is 2.79. The smallest absolute Gasteiger partial charge is 0.193 e. The Bertz CT molecular complexity index is 671. The molecule has 108 valence electrons. The summed E-state index contributed by atoms with van der Waals surface area (Å²) in [5, 5.41) is 0. The lowest BCUT2D eigenvalue weighted by atomic mass is 9.96. The molecule has 0 fully saturated rings. The molecule has 0 saturated heterocycles. The van der Waals surface area contributed by atoms with Crippen LogP contribution >= 0.6 is 0 Å². The van der Waals surface area contributed by atoms with E-state index in [9.17, 15) is 4.79 Å². The van der Waals surface area contributed by atoms with E-state index in [0.29, 0.717) is 19.1 Å². The second-order valence-electron chi connectivity index (χ2n) is 6.10. The molecule has 0 unspecified atom stereocenters. The van der Waals surface area contributed by atoms with Crippen molar-refractivity contribution in [2.75, 3.05) is 0 Å². The zero-order valence-electron chi connectivity index (χ0n) is 12.6. The summed E-state index contributed by atoms with van der Waals surface area (Å²) in [7, 11) is 0. The van der Waals surface area contributed by atoms with Crippen LogP contribution in [-0.2, 0) is 24.4 Å². The summed E-state index contributed by atoms with van der Waals surface area (Å²) in [6.45, 7) is 5.65. The lowest BCUT2D eigenvalue weighted by Gasteiger charge is -2.08. The molecule has 0 amide bonds. The van der Waals surface area contributed by atoms with Gasteiger partial charge in [0, 0.05) is 11.1 Å². The molecule has 0 N–H and O–H groups in total. The van der Waals surface area contributed by atoms with Gasteiger partial charge < -0.3 is 4.74 Å². The third-order valence-electron chi connectivity index (χ3n) is 3.82. The predicted octanol–water partition coefficient (Wildman–Crippen LogP) is 4.15. The highest BCUT2D eigenvalue weighted by molar-refractivity contribution is 6.09. The zero-order valence-corrected chi connectivity index (χ0v) is 12.6. The maximum absolute atomic E-state index is 12.6. The summed E-state index contributed by atoms with van der Waals surface area (Å²) in [6.07, 6.45) is 0.999. The van der Waals surface area contributed by atoms with E-state index < -0.39 is 0 Å². The van der Waals surface area contributed by atoms with Crippen molar-refractivity contribution in [1.29, 1.82) is 0 Å². The summed E-state index contributed by atoms with van der Waals surface area (Å²) >= 11 is 0. The zero-order chi connectivity index (χ0) is 14.8. The summed E-state index contributed by atoms with van der Waals surface area (Å²) < 4.78 is 5.41. The molecule has 0 radical (unpaired) electrons. The number of hydrogen-bond donors (Lipinski definition) is 0. The minimum Gasteiger partial charge on any atom is -0.372 e. The van der Waals surface area contributed by atoms with Crippen molar-refractivity contribution >= 4 is 5.78 Å². The van der Waals surface area contributed by atoms with Gasteiger partial charge in [-0.25, -0.2) is 0 Å².